The average molecular weight is 249 g/mol. The fourth-order valence-corrected chi connectivity index (χ4v) is 2.32. The van der Waals surface area contributed by atoms with Crippen molar-refractivity contribution in [2.75, 3.05) is 24.8 Å². The van der Waals surface area contributed by atoms with Crippen LogP contribution in [-0.4, -0.2) is 33.3 Å². The van der Waals surface area contributed by atoms with Gasteiger partial charge in [0.15, 0.2) is 9.84 Å². The minimum Gasteiger partial charge on any atom is -0.379 e. The zero-order valence-electron chi connectivity index (χ0n) is 8.23. The molecule has 0 N–H and O–H groups in total. The lowest BCUT2D eigenvalue weighted by Crippen LogP contribution is -2.13. The molecule has 0 unspecified atom stereocenters. The molecule has 1 rings (SSSR count). The van der Waals surface area contributed by atoms with Crippen molar-refractivity contribution in [3.63, 3.8) is 0 Å². The summed E-state index contributed by atoms with van der Waals surface area (Å²) in [6.45, 7) is 0.565. The molecule has 0 spiro atoms. The van der Waals surface area contributed by atoms with Crippen LogP contribution in [0.15, 0.2) is 35.2 Å². The molecule has 0 radical (unpaired) electrons. The van der Waals surface area contributed by atoms with E-state index in [0.717, 1.165) is 0 Å². The number of ether oxygens (including phenoxy) is 1. The summed E-state index contributed by atoms with van der Waals surface area (Å²) in [4.78, 5) is 0.333. The van der Waals surface area contributed by atoms with Crippen molar-refractivity contribution in [3.05, 3.63) is 30.3 Å². The molecule has 15 heavy (non-hydrogen) atoms. The van der Waals surface area contributed by atoms with Crippen molar-refractivity contribution < 1.29 is 13.2 Å². The highest BCUT2D eigenvalue weighted by molar-refractivity contribution is 7.91. The van der Waals surface area contributed by atoms with E-state index in [2.05, 4.69) is 0 Å². The van der Waals surface area contributed by atoms with Crippen molar-refractivity contribution in [2.24, 2.45) is 0 Å². The first kappa shape index (κ1) is 12.5. The third-order valence-corrected chi connectivity index (χ3v) is 3.67. The van der Waals surface area contributed by atoms with Gasteiger partial charge in [-0.1, -0.05) is 18.2 Å². The molecule has 0 aliphatic carbocycles. The van der Waals surface area contributed by atoms with E-state index in [1.165, 1.54) is 0 Å². The predicted octanol–water partition coefficient (Wildman–Crippen LogP) is 1.72. The minimum atomic E-state index is -3.21. The van der Waals surface area contributed by atoms with Gasteiger partial charge in [-0.25, -0.2) is 8.42 Å². The second-order valence-corrected chi connectivity index (χ2v) is 5.42. The normalized spacial score (nSPS) is 11.5. The second-order valence-electron chi connectivity index (χ2n) is 2.93. The molecule has 0 amide bonds. The van der Waals surface area contributed by atoms with Crippen molar-refractivity contribution in [2.45, 2.75) is 4.90 Å². The molecule has 0 saturated carbocycles. The van der Waals surface area contributed by atoms with E-state index < -0.39 is 9.84 Å². The number of halogens is 1. The highest BCUT2D eigenvalue weighted by atomic mass is 35.5. The Morgan fingerprint density at radius 1 is 1.13 bits per heavy atom. The van der Waals surface area contributed by atoms with Gasteiger partial charge in [0.2, 0.25) is 0 Å². The van der Waals surface area contributed by atoms with Crippen LogP contribution in [-0.2, 0) is 14.6 Å². The van der Waals surface area contributed by atoms with Crippen LogP contribution >= 0.6 is 11.6 Å². The summed E-state index contributed by atoms with van der Waals surface area (Å²) in [5.41, 5.74) is 0. The number of hydrogen-bond acceptors (Lipinski definition) is 3. The van der Waals surface area contributed by atoms with E-state index in [1.54, 1.807) is 30.3 Å². The smallest absolute Gasteiger partial charge is 0.180 e. The molecule has 0 heterocycles. The largest absolute Gasteiger partial charge is 0.379 e. The third kappa shape index (κ3) is 4.20. The highest BCUT2D eigenvalue weighted by Gasteiger charge is 2.12. The molecule has 0 bridgehead atoms. The summed E-state index contributed by atoms with van der Waals surface area (Å²) < 4.78 is 28.4. The first-order chi connectivity index (χ1) is 7.17. The van der Waals surface area contributed by atoms with Gasteiger partial charge in [0.05, 0.1) is 23.9 Å². The molecule has 0 aliphatic rings. The predicted molar refractivity (Wildman–Crippen MR) is 60.0 cm³/mol. The van der Waals surface area contributed by atoms with Crippen LogP contribution < -0.4 is 0 Å². The van der Waals surface area contributed by atoms with Crippen molar-refractivity contribution in [3.8, 4) is 0 Å². The summed E-state index contributed by atoms with van der Waals surface area (Å²) in [5.74, 6) is 0.374. The number of alkyl halides is 1. The molecular weight excluding hydrogens is 236 g/mol. The maximum atomic E-state index is 11.7. The fourth-order valence-electron chi connectivity index (χ4n) is 1.07. The lowest BCUT2D eigenvalue weighted by molar-refractivity contribution is 0.165. The fraction of sp³-hybridized carbons (Fsp3) is 0.400. The number of hydrogen-bond donors (Lipinski definition) is 0. The molecule has 0 fully saturated rings. The van der Waals surface area contributed by atoms with Gasteiger partial charge in [-0.15, -0.1) is 11.6 Å². The SMILES string of the molecule is O=S(=O)(CCOCCCl)c1ccccc1. The summed E-state index contributed by atoms with van der Waals surface area (Å²) in [7, 11) is -3.21. The van der Waals surface area contributed by atoms with Crippen LogP contribution in [0, 0.1) is 0 Å². The van der Waals surface area contributed by atoms with Gasteiger partial charge < -0.3 is 4.74 Å². The Hall–Kier alpha value is -0.580. The Bertz CT molecular complexity index is 375. The molecule has 1 aromatic carbocycles. The molecular formula is C10H13ClO3S. The Morgan fingerprint density at radius 2 is 1.80 bits per heavy atom. The summed E-state index contributed by atoms with van der Waals surface area (Å²) >= 11 is 5.39. The maximum Gasteiger partial charge on any atom is 0.180 e. The van der Waals surface area contributed by atoms with Crippen LogP contribution in [0.25, 0.3) is 0 Å². The zero-order chi connectivity index (χ0) is 11.1. The topological polar surface area (TPSA) is 43.4 Å². The Morgan fingerprint density at radius 3 is 2.40 bits per heavy atom. The Kier molecular flexibility index (Phi) is 5.08. The Balaban J connectivity index is 2.53. The molecule has 0 saturated heterocycles. The first-order valence-electron chi connectivity index (χ1n) is 4.58. The van der Waals surface area contributed by atoms with Gasteiger partial charge >= 0.3 is 0 Å². The zero-order valence-corrected chi connectivity index (χ0v) is 9.80. The van der Waals surface area contributed by atoms with Crippen LogP contribution in [0.3, 0.4) is 0 Å². The minimum absolute atomic E-state index is 0.00605. The van der Waals surface area contributed by atoms with Crippen LogP contribution in [0.2, 0.25) is 0 Å². The average Bonchev–Trinajstić information content (AvgIpc) is 2.26. The van der Waals surface area contributed by atoms with Crippen LogP contribution in [0.5, 0.6) is 0 Å². The molecule has 3 nitrogen and oxygen atoms in total. The molecule has 1 aromatic rings. The first-order valence-corrected chi connectivity index (χ1v) is 6.77. The van der Waals surface area contributed by atoms with Gasteiger partial charge in [-0.05, 0) is 12.1 Å². The molecule has 0 atom stereocenters. The van der Waals surface area contributed by atoms with E-state index in [0.29, 0.717) is 17.4 Å². The van der Waals surface area contributed by atoms with E-state index in [9.17, 15) is 8.42 Å². The van der Waals surface area contributed by atoms with Crippen molar-refractivity contribution in [1.82, 2.24) is 0 Å². The van der Waals surface area contributed by atoms with Crippen molar-refractivity contribution in [1.29, 1.82) is 0 Å². The lowest BCUT2D eigenvalue weighted by atomic mass is 10.4. The van der Waals surface area contributed by atoms with E-state index in [4.69, 9.17) is 16.3 Å². The number of sulfone groups is 1. The van der Waals surface area contributed by atoms with Gasteiger partial charge in [-0.3, -0.25) is 0 Å². The molecule has 0 aromatic heterocycles. The third-order valence-electron chi connectivity index (χ3n) is 1.82. The highest BCUT2D eigenvalue weighted by Crippen LogP contribution is 2.09. The second kappa shape index (κ2) is 6.10. The summed E-state index contributed by atoms with van der Waals surface area (Å²) in [6, 6.07) is 8.34. The van der Waals surface area contributed by atoms with Crippen LogP contribution in [0.1, 0.15) is 0 Å². The van der Waals surface area contributed by atoms with Crippen molar-refractivity contribution >= 4 is 21.4 Å². The summed E-state index contributed by atoms with van der Waals surface area (Å²) in [5, 5.41) is 0. The van der Waals surface area contributed by atoms with Gasteiger partial charge in [0, 0.05) is 5.88 Å². The molecule has 84 valence electrons. The number of rotatable bonds is 6. The molecule has 0 aliphatic heterocycles. The molecule has 5 heteroatoms. The maximum absolute atomic E-state index is 11.7. The monoisotopic (exact) mass is 248 g/mol. The van der Waals surface area contributed by atoms with Gasteiger partial charge in [0.25, 0.3) is 0 Å². The van der Waals surface area contributed by atoms with Crippen LogP contribution in [0.4, 0.5) is 0 Å². The standard InChI is InChI=1S/C10H13ClO3S/c11-6-7-14-8-9-15(12,13)10-4-2-1-3-5-10/h1-5H,6-9H2. The van der Waals surface area contributed by atoms with E-state index in [-0.39, 0.29) is 12.4 Å². The van der Waals surface area contributed by atoms with Gasteiger partial charge in [-0.2, -0.15) is 0 Å². The quantitative estimate of drug-likeness (QED) is 0.569. The Labute approximate surface area is 94.9 Å². The summed E-state index contributed by atoms with van der Waals surface area (Å²) in [6.07, 6.45) is 0. The number of benzene rings is 1. The van der Waals surface area contributed by atoms with E-state index >= 15 is 0 Å². The lowest BCUT2D eigenvalue weighted by Gasteiger charge is -2.04. The van der Waals surface area contributed by atoms with E-state index in [1.807, 2.05) is 0 Å². The van der Waals surface area contributed by atoms with Gasteiger partial charge in [0.1, 0.15) is 0 Å².